The van der Waals surface area contributed by atoms with Crippen molar-refractivity contribution in [2.45, 2.75) is 37.7 Å². The van der Waals surface area contributed by atoms with Gasteiger partial charge in [-0.1, -0.05) is 18.2 Å². The SMILES string of the molecule is O=C1NC[C@@H]2C34C[C@@H]5CC(C[C@@H](C5)C3)[C@H]4[C@]2(O)c2ccccc21. The molecule has 0 aromatic heterocycles. The van der Waals surface area contributed by atoms with Gasteiger partial charge in [0, 0.05) is 23.9 Å². The number of nitrogens with one attached hydrogen (secondary N) is 1. The molecule has 2 N–H and O–H groups in total. The maximum absolute atomic E-state index is 12.5. The van der Waals surface area contributed by atoms with Crippen molar-refractivity contribution in [2.24, 2.45) is 35.0 Å². The summed E-state index contributed by atoms with van der Waals surface area (Å²) in [4.78, 5) is 12.5. The zero-order valence-electron chi connectivity index (χ0n) is 13.3. The molecule has 5 saturated carbocycles. The number of carbonyl (C=O) groups is 1. The number of carbonyl (C=O) groups excluding carboxylic acids is 1. The van der Waals surface area contributed by atoms with Crippen molar-refractivity contribution in [3.63, 3.8) is 0 Å². The Morgan fingerprint density at radius 1 is 1.09 bits per heavy atom. The van der Waals surface area contributed by atoms with E-state index in [0.717, 1.165) is 17.4 Å². The standard InChI is InChI=1S/C20H23NO2/c22-18-14-3-1-2-4-15(14)20(23)16(10-21-18)19-8-11-5-12(9-19)7-13(6-11)17(19)20/h1-4,11-13,16-17,23H,5-10H2,(H,21,22)/t11-,12+,13?,16-,17-,19?,20+/m1/s1. The summed E-state index contributed by atoms with van der Waals surface area (Å²) in [6, 6.07) is 7.78. The predicted molar refractivity (Wildman–Crippen MR) is 85.6 cm³/mol. The molecule has 2 unspecified atom stereocenters. The molecule has 1 aliphatic heterocycles. The summed E-state index contributed by atoms with van der Waals surface area (Å²) < 4.78 is 0. The third-order valence-corrected chi connectivity index (χ3v) is 8.14. The van der Waals surface area contributed by atoms with Gasteiger partial charge < -0.3 is 10.4 Å². The van der Waals surface area contributed by atoms with Crippen LogP contribution in [-0.2, 0) is 5.60 Å². The Kier molecular flexibility index (Phi) is 2.16. The fraction of sp³-hybridized carbons (Fsp3) is 0.650. The first-order valence-electron chi connectivity index (χ1n) is 9.23. The molecule has 1 aromatic carbocycles. The highest BCUT2D eigenvalue weighted by atomic mass is 16.3. The third kappa shape index (κ3) is 1.29. The summed E-state index contributed by atoms with van der Waals surface area (Å²) in [5.74, 6) is 3.01. The molecule has 1 aromatic rings. The molecule has 1 heterocycles. The van der Waals surface area contributed by atoms with E-state index in [2.05, 4.69) is 5.32 Å². The number of fused-ring (bicyclic) bond motifs is 3. The van der Waals surface area contributed by atoms with Gasteiger partial charge in [0.1, 0.15) is 0 Å². The second-order valence-corrected chi connectivity index (χ2v) is 8.95. The molecular formula is C20H23NO2. The largest absolute Gasteiger partial charge is 0.384 e. The number of benzene rings is 1. The smallest absolute Gasteiger partial charge is 0.251 e. The predicted octanol–water partition coefficient (Wildman–Crippen LogP) is 2.69. The first-order valence-corrected chi connectivity index (χ1v) is 9.23. The lowest BCUT2D eigenvalue weighted by atomic mass is 9.29. The summed E-state index contributed by atoms with van der Waals surface area (Å²) in [7, 11) is 0. The normalized spacial score (nSPS) is 51.9. The Morgan fingerprint density at radius 2 is 1.83 bits per heavy atom. The van der Waals surface area contributed by atoms with Crippen LogP contribution in [0.4, 0.5) is 0 Å². The van der Waals surface area contributed by atoms with Gasteiger partial charge in [0.15, 0.2) is 0 Å². The molecule has 7 rings (SSSR count). The summed E-state index contributed by atoms with van der Waals surface area (Å²) in [6.45, 7) is 0.646. The van der Waals surface area contributed by atoms with E-state index in [0.29, 0.717) is 29.4 Å². The highest BCUT2D eigenvalue weighted by Gasteiger charge is 2.77. The summed E-state index contributed by atoms with van der Waals surface area (Å²) in [5.41, 5.74) is 1.12. The van der Waals surface area contributed by atoms with Gasteiger partial charge in [-0.3, -0.25) is 4.79 Å². The average molecular weight is 309 g/mol. The van der Waals surface area contributed by atoms with Gasteiger partial charge in [0.2, 0.25) is 0 Å². The van der Waals surface area contributed by atoms with Crippen molar-refractivity contribution in [1.82, 2.24) is 5.32 Å². The quantitative estimate of drug-likeness (QED) is 0.774. The molecule has 5 aliphatic carbocycles. The number of rotatable bonds is 0. The van der Waals surface area contributed by atoms with Crippen LogP contribution < -0.4 is 5.32 Å². The Hall–Kier alpha value is -1.35. The summed E-state index contributed by atoms with van der Waals surface area (Å²) in [5, 5.41) is 15.0. The van der Waals surface area contributed by atoms with E-state index in [1.54, 1.807) is 0 Å². The molecule has 1 spiro atoms. The molecule has 0 saturated heterocycles. The fourth-order valence-corrected chi connectivity index (χ4v) is 8.00. The van der Waals surface area contributed by atoms with E-state index in [-0.39, 0.29) is 11.8 Å². The maximum Gasteiger partial charge on any atom is 0.251 e. The Labute approximate surface area is 136 Å². The number of hydrogen-bond donors (Lipinski definition) is 2. The highest BCUT2D eigenvalue weighted by Crippen LogP contribution is 2.78. The Bertz CT molecular complexity index is 714. The van der Waals surface area contributed by atoms with Crippen LogP contribution >= 0.6 is 0 Å². The van der Waals surface area contributed by atoms with E-state index < -0.39 is 5.60 Å². The fourth-order valence-electron chi connectivity index (χ4n) is 8.00. The van der Waals surface area contributed by atoms with Crippen LogP contribution in [0.2, 0.25) is 0 Å². The summed E-state index contributed by atoms with van der Waals surface area (Å²) in [6.07, 6.45) is 6.60. The van der Waals surface area contributed by atoms with E-state index in [9.17, 15) is 9.90 Å². The molecule has 0 radical (unpaired) electrons. The van der Waals surface area contributed by atoms with Gasteiger partial charge in [-0.2, -0.15) is 0 Å². The number of aliphatic hydroxyl groups is 1. The van der Waals surface area contributed by atoms with Crippen molar-refractivity contribution in [3.05, 3.63) is 35.4 Å². The lowest BCUT2D eigenvalue weighted by Gasteiger charge is -2.76. The molecular weight excluding hydrogens is 286 g/mol. The molecule has 120 valence electrons. The monoisotopic (exact) mass is 309 g/mol. The van der Waals surface area contributed by atoms with Gasteiger partial charge in [-0.15, -0.1) is 0 Å². The molecule has 1 amide bonds. The van der Waals surface area contributed by atoms with Crippen LogP contribution in [0.3, 0.4) is 0 Å². The lowest BCUT2D eigenvalue weighted by Crippen LogP contribution is -2.76. The first kappa shape index (κ1) is 13.0. The maximum atomic E-state index is 12.5. The minimum absolute atomic E-state index is 0.00345. The van der Waals surface area contributed by atoms with E-state index in [1.165, 1.54) is 32.1 Å². The molecule has 3 nitrogen and oxygen atoms in total. The molecule has 23 heavy (non-hydrogen) atoms. The average Bonchev–Trinajstić information content (AvgIpc) is 2.61. The first-order chi connectivity index (χ1) is 11.1. The van der Waals surface area contributed by atoms with E-state index in [4.69, 9.17) is 0 Å². The molecule has 7 atom stereocenters. The Morgan fingerprint density at radius 3 is 2.61 bits per heavy atom. The number of amides is 1. The van der Waals surface area contributed by atoms with Crippen LogP contribution in [0, 0.1) is 35.0 Å². The molecule has 6 aliphatic rings. The zero-order chi connectivity index (χ0) is 15.4. The summed E-state index contributed by atoms with van der Waals surface area (Å²) >= 11 is 0. The zero-order valence-corrected chi connectivity index (χ0v) is 13.3. The third-order valence-electron chi connectivity index (χ3n) is 8.14. The van der Waals surface area contributed by atoms with Gasteiger partial charge >= 0.3 is 0 Å². The number of hydrogen-bond acceptors (Lipinski definition) is 2. The van der Waals surface area contributed by atoms with E-state index in [1.807, 2.05) is 24.3 Å². The van der Waals surface area contributed by atoms with Crippen LogP contribution in [0.15, 0.2) is 24.3 Å². The minimum Gasteiger partial charge on any atom is -0.384 e. The van der Waals surface area contributed by atoms with Crippen LogP contribution in [0.5, 0.6) is 0 Å². The van der Waals surface area contributed by atoms with Crippen LogP contribution in [0.1, 0.15) is 48.0 Å². The van der Waals surface area contributed by atoms with Gasteiger partial charge in [0.25, 0.3) is 5.91 Å². The van der Waals surface area contributed by atoms with Crippen molar-refractivity contribution >= 4 is 5.91 Å². The van der Waals surface area contributed by atoms with Crippen molar-refractivity contribution in [2.75, 3.05) is 6.54 Å². The Balaban J connectivity index is 1.56. The van der Waals surface area contributed by atoms with Crippen LogP contribution in [0.25, 0.3) is 0 Å². The topological polar surface area (TPSA) is 49.3 Å². The van der Waals surface area contributed by atoms with Gasteiger partial charge in [0.05, 0.1) is 5.60 Å². The second-order valence-electron chi connectivity index (χ2n) is 8.95. The molecule has 5 fully saturated rings. The highest BCUT2D eigenvalue weighted by molar-refractivity contribution is 5.96. The van der Waals surface area contributed by atoms with Crippen molar-refractivity contribution in [1.29, 1.82) is 0 Å². The minimum atomic E-state index is -0.784. The molecule has 3 heteroatoms. The molecule has 4 bridgehead atoms. The van der Waals surface area contributed by atoms with Gasteiger partial charge in [-0.25, -0.2) is 0 Å². The van der Waals surface area contributed by atoms with E-state index >= 15 is 0 Å². The second kappa shape index (κ2) is 3.83. The van der Waals surface area contributed by atoms with Crippen molar-refractivity contribution in [3.8, 4) is 0 Å². The van der Waals surface area contributed by atoms with Gasteiger partial charge in [-0.05, 0) is 66.9 Å². The van der Waals surface area contributed by atoms with Crippen LogP contribution in [-0.4, -0.2) is 17.6 Å². The lowest BCUT2D eigenvalue weighted by molar-refractivity contribution is -0.336. The van der Waals surface area contributed by atoms with Crippen molar-refractivity contribution < 1.29 is 9.90 Å².